The number of carbonyl (C=O) groups excluding carboxylic acids is 2. The van der Waals surface area contributed by atoms with E-state index in [-0.39, 0.29) is 24.5 Å². The van der Waals surface area contributed by atoms with Gasteiger partial charge >= 0.3 is 11.9 Å². The molecule has 0 aliphatic rings. The Morgan fingerprint density at radius 2 is 1.70 bits per heavy atom. The van der Waals surface area contributed by atoms with Crippen molar-refractivity contribution < 1.29 is 19.1 Å². The minimum absolute atomic E-state index is 0.271. The summed E-state index contributed by atoms with van der Waals surface area (Å²) in [6.45, 7) is 10.6. The molecular formula is C15H23NO4. The van der Waals surface area contributed by atoms with E-state index in [1.54, 1.807) is 19.9 Å². The van der Waals surface area contributed by atoms with Gasteiger partial charge in [0.25, 0.3) is 0 Å². The number of aryl methyl sites for hydroxylation is 1. The van der Waals surface area contributed by atoms with Gasteiger partial charge in [0.1, 0.15) is 5.69 Å². The van der Waals surface area contributed by atoms with Crippen LogP contribution in [0.25, 0.3) is 0 Å². The van der Waals surface area contributed by atoms with Crippen molar-refractivity contribution in [3.8, 4) is 0 Å². The molecule has 0 spiro atoms. The molecule has 1 aromatic rings. The van der Waals surface area contributed by atoms with Crippen molar-refractivity contribution >= 4 is 11.9 Å². The fourth-order valence-electron chi connectivity index (χ4n) is 2.06. The Labute approximate surface area is 119 Å². The van der Waals surface area contributed by atoms with Crippen LogP contribution in [0, 0.1) is 12.8 Å². The van der Waals surface area contributed by atoms with E-state index in [0.717, 1.165) is 5.69 Å². The summed E-state index contributed by atoms with van der Waals surface area (Å²) < 4.78 is 11.9. The number of esters is 2. The number of rotatable bonds is 6. The SMILES string of the molecule is CCOC(=O)c1cc(C)n(CC(C)C)c1C(=O)OCC. The van der Waals surface area contributed by atoms with Crippen molar-refractivity contribution in [2.45, 2.75) is 41.2 Å². The first-order chi connectivity index (χ1) is 9.42. The fraction of sp³-hybridized carbons (Fsp3) is 0.600. The van der Waals surface area contributed by atoms with Gasteiger partial charge in [-0.05, 0) is 32.8 Å². The Morgan fingerprint density at radius 3 is 2.20 bits per heavy atom. The van der Waals surface area contributed by atoms with Gasteiger partial charge in [0.15, 0.2) is 0 Å². The van der Waals surface area contributed by atoms with E-state index < -0.39 is 11.9 Å². The van der Waals surface area contributed by atoms with Gasteiger partial charge in [0.2, 0.25) is 0 Å². The molecule has 0 aliphatic heterocycles. The van der Waals surface area contributed by atoms with Crippen molar-refractivity contribution in [3.63, 3.8) is 0 Å². The normalized spacial score (nSPS) is 10.7. The van der Waals surface area contributed by atoms with Gasteiger partial charge in [-0.2, -0.15) is 0 Å². The summed E-state index contributed by atoms with van der Waals surface area (Å²) in [7, 11) is 0. The molecule has 0 atom stereocenters. The highest BCUT2D eigenvalue weighted by Crippen LogP contribution is 2.20. The third-order valence-corrected chi connectivity index (χ3v) is 2.82. The molecule has 0 saturated heterocycles. The summed E-state index contributed by atoms with van der Waals surface area (Å²) in [6.07, 6.45) is 0. The molecule has 1 heterocycles. The van der Waals surface area contributed by atoms with E-state index in [9.17, 15) is 9.59 Å². The molecular weight excluding hydrogens is 258 g/mol. The third-order valence-electron chi connectivity index (χ3n) is 2.82. The second-order valence-electron chi connectivity index (χ2n) is 4.99. The maximum Gasteiger partial charge on any atom is 0.355 e. The van der Waals surface area contributed by atoms with Gasteiger partial charge < -0.3 is 14.0 Å². The summed E-state index contributed by atoms with van der Waals surface area (Å²) in [5.74, 6) is -0.616. The zero-order chi connectivity index (χ0) is 15.3. The molecule has 0 N–H and O–H groups in total. The first-order valence-electron chi connectivity index (χ1n) is 6.96. The number of ether oxygens (including phenoxy) is 2. The van der Waals surface area contributed by atoms with Gasteiger partial charge in [-0.1, -0.05) is 13.8 Å². The van der Waals surface area contributed by atoms with Crippen LogP contribution < -0.4 is 0 Å². The lowest BCUT2D eigenvalue weighted by Crippen LogP contribution is -2.19. The lowest BCUT2D eigenvalue weighted by molar-refractivity contribution is 0.0470. The molecule has 20 heavy (non-hydrogen) atoms. The predicted molar refractivity (Wildman–Crippen MR) is 75.9 cm³/mol. The molecule has 5 heteroatoms. The summed E-state index contributed by atoms with van der Waals surface area (Å²) in [6, 6.07) is 1.69. The Hall–Kier alpha value is -1.78. The largest absolute Gasteiger partial charge is 0.462 e. The second kappa shape index (κ2) is 7.12. The van der Waals surface area contributed by atoms with Gasteiger partial charge in [0.05, 0.1) is 18.8 Å². The molecule has 112 valence electrons. The van der Waals surface area contributed by atoms with Crippen LogP contribution in [0.5, 0.6) is 0 Å². The van der Waals surface area contributed by atoms with Crippen LogP contribution in [0.1, 0.15) is 54.2 Å². The molecule has 0 bridgehead atoms. The lowest BCUT2D eigenvalue weighted by Gasteiger charge is -2.14. The zero-order valence-corrected chi connectivity index (χ0v) is 12.9. The first-order valence-corrected chi connectivity index (χ1v) is 6.96. The highest BCUT2D eigenvalue weighted by molar-refractivity contribution is 6.02. The van der Waals surface area contributed by atoms with Crippen molar-refractivity contribution in [1.29, 1.82) is 0 Å². The molecule has 0 aliphatic carbocycles. The van der Waals surface area contributed by atoms with E-state index >= 15 is 0 Å². The van der Waals surface area contributed by atoms with Crippen molar-refractivity contribution in [1.82, 2.24) is 4.57 Å². The Kier molecular flexibility index (Phi) is 5.80. The van der Waals surface area contributed by atoms with Gasteiger partial charge in [-0.15, -0.1) is 0 Å². The Balaban J connectivity index is 3.29. The Morgan fingerprint density at radius 1 is 1.15 bits per heavy atom. The average molecular weight is 281 g/mol. The minimum Gasteiger partial charge on any atom is -0.462 e. The van der Waals surface area contributed by atoms with Crippen molar-refractivity contribution in [2.24, 2.45) is 5.92 Å². The van der Waals surface area contributed by atoms with E-state index in [2.05, 4.69) is 13.8 Å². The van der Waals surface area contributed by atoms with Crippen LogP contribution in [0.2, 0.25) is 0 Å². The van der Waals surface area contributed by atoms with Gasteiger partial charge in [-0.25, -0.2) is 9.59 Å². The van der Waals surface area contributed by atoms with Crippen LogP contribution in [-0.4, -0.2) is 29.7 Å². The number of carbonyl (C=O) groups is 2. The molecule has 1 rings (SSSR count). The van der Waals surface area contributed by atoms with Crippen LogP contribution in [0.4, 0.5) is 0 Å². The highest BCUT2D eigenvalue weighted by Gasteiger charge is 2.26. The van der Waals surface area contributed by atoms with Crippen LogP contribution >= 0.6 is 0 Å². The fourth-order valence-corrected chi connectivity index (χ4v) is 2.06. The maximum absolute atomic E-state index is 12.1. The third kappa shape index (κ3) is 3.62. The molecule has 5 nitrogen and oxygen atoms in total. The minimum atomic E-state index is -0.485. The average Bonchev–Trinajstić information content (AvgIpc) is 2.67. The molecule has 0 radical (unpaired) electrons. The molecule has 0 aromatic carbocycles. The standard InChI is InChI=1S/C15H23NO4/c1-6-19-14(17)12-8-11(5)16(9-10(3)4)13(12)15(18)20-7-2/h8,10H,6-7,9H2,1-5H3. The van der Waals surface area contributed by atoms with Gasteiger partial charge in [-0.3, -0.25) is 0 Å². The Bertz CT molecular complexity index is 488. The lowest BCUT2D eigenvalue weighted by atomic mass is 10.2. The topological polar surface area (TPSA) is 57.5 Å². The van der Waals surface area contributed by atoms with E-state index in [1.165, 1.54) is 0 Å². The van der Waals surface area contributed by atoms with Crippen LogP contribution in [-0.2, 0) is 16.0 Å². The molecule has 1 aromatic heterocycles. The molecule has 0 unspecified atom stereocenters. The zero-order valence-electron chi connectivity index (χ0n) is 12.9. The van der Waals surface area contributed by atoms with E-state index in [0.29, 0.717) is 12.5 Å². The van der Waals surface area contributed by atoms with Crippen LogP contribution in [0.15, 0.2) is 6.07 Å². The van der Waals surface area contributed by atoms with E-state index in [4.69, 9.17) is 9.47 Å². The maximum atomic E-state index is 12.1. The smallest absolute Gasteiger partial charge is 0.355 e. The first kappa shape index (κ1) is 16.3. The summed E-state index contributed by atoms with van der Waals surface area (Å²) in [5.41, 5.74) is 1.42. The summed E-state index contributed by atoms with van der Waals surface area (Å²) in [5, 5.41) is 0. The monoisotopic (exact) mass is 281 g/mol. The number of nitrogens with zero attached hydrogens (tertiary/aromatic N) is 1. The number of hydrogen-bond donors (Lipinski definition) is 0. The van der Waals surface area contributed by atoms with Crippen LogP contribution in [0.3, 0.4) is 0 Å². The van der Waals surface area contributed by atoms with E-state index in [1.807, 2.05) is 11.5 Å². The molecule has 0 saturated carbocycles. The number of aromatic nitrogens is 1. The number of hydrogen-bond acceptors (Lipinski definition) is 4. The molecule has 0 amide bonds. The van der Waals surface area contributed by atoms with Crippen molar-refractivity contribution in [3.05, 3.63) is 23.0 Å². The van der Waals surface area contributed by atoms with Gasteiger partial charge in [0, 0.05) is 12.2 Å². The second-order valence-corrected chi connectivity index (χ2v) is 4.99. The quantitative estimate of drug-likeness (QED) is 0.752. The predicted octanol–water partition coefficient (Wildman–Crippen LogP) is 2.81. The van der Waals surface area contributed by atoms with Crippen molar-refractivity contribution in [2.75, 3.05) is 13.2 Å². The highest BCUT2D eigenvalue weighted by atomic mass is 16.5. The summed E-state index contributed by atoms with van der Waals surface area (Å²) >= 11 is 0. The summed E-state index contributed by atoms with van der Waals surface area (Å²) in [4.78, 5) is 24.1. The molecule has 0 fully saturated rings.